The number of ether oxygens (including phenoxy) is 4. The van der Waals surface area contributed by atoms with Gasteiger partial charge in [-0.3, -0.25) is 0 Å². The maximum Gasteiger partial charge on any atom is 0.371 e. The van der Waals surface area contributed by atoms with E-state index in [1.165, 1.54) is 31.2 Å². The zero-order valence-electron chi connectivity index (χ0n) is 27.9. The minimum absolute atomic E-state index is 0.0551. The molecule has 0 heterocycles. The normalized spacial score (nSPS) is 9.96. The van der Waals surface area contributed by atoms with Gasteiger partial charge in [0.2, 0.25) is 5.83 Å². The molecule has 0 saturated heterocycles. The van der Waals surface area contributed by atoms with Gasteiger partial charge in [0.25, 0.3) is 0 Å². The quantitative estimate of drug-likeness (QED) is 0.0548. The summed E-state index contributed by atoms with van der Waals surface area (Å²) in [5.41, 5.74) is 3.13. The molecule has 0 saturated carbocycles. The van der Waals surface area contributed by atoms with Crippen LogP contribution < -0.4 is 18.9 Å². The van der Waals surface area contributed by atoms with Crippen LogP contribution in [0, 0.1) is 23.7 Å². The molecule has 0 N–H and O–H groups in total. The topological polar surface area (TPSA) is 105 Å². The molecule has 4 rings (SSSR count). The number of hydrogen-bond donors (Lipinski definition) is 0. The molecule has 0 spiro atoms. The van der Waals surface area contributed by atoms with Crippen LogP contribution in [0.4, 0.5) is 4.39 Å². The molecule has 0 fully saturated rings. The van der Waals surface area contributed by atoms with Gasteiger partial charge in [0, 0.05) is 34.4 Å². The van der Waals surface area contributed by atoms with E-state index in [-0.39, 0.29) is 33.9 Å². The van der Waals surface area contributed by atoms with Crippen LogP contribution in [0.1, 0.15) is 40.3 Å². The van der Waals surface area contributed by atoms with Crippen molar-refractivity contribution >= 4 is 36.0 Å². The number of esters is 4. The third-order valence-electron chi connectivity index (χ3n) is 6.61. The SMILES string of the molecule is C=CC(=O)Oc1ccc(C#Cc2c(OC(=O)C(=C)C)cc(C#Cc3ccc(/C=C/c4ccc(OC(=O)C=C)cc4)cc3)cc2OC(=O)C(=C)F)cc1. The Balaban J connectivity index is 1.64. The van der Waals surface area contributed by atoms with Gasteiger partial charge in [-0.1, -0.05) is 86.4 Å². The number of rotatable bonds is 10. The number of benzene rings is 4. The third kappa shape index (κ3) is 11.0. The largest absolute Gasteiger partial charge is 0.423 e. The summed E-state index contributed by atoms with van der Waals surface area (Å²) in [5, 5.41) is 0. The predicted molar refractivity (Wildman–Crippen MR) is 195 cm³/mol. The lowest BCUT2D eigenvalue weighted by atomic mass is 10.1. The van der Waals surface area contributed by atoms with E-state index in [4.69, 9.17) is 18.9 Å². The molecule has 0 amide bonds. The van der Waals surface area contributed by atoms with E-state index in [9.17, 15) is 23.6 Å². The van der Waals surface area contributed by atoms with Gasteiger partial charge in [-0.05, 0) is 78.7 Å². The molecule has 8 nitrogen and oxygen atoms in total. The predicted octanol–water partition coefficient (Wildman–Crippen LogP) is 7.71. The van der Waals surface area contributed by atoms with Crippen LogP contribution in [0.2, 0.25) is 0 Å². The zero-order valence-corrected chi connectivity index (χ0v) is 27.9. The fraction of sp³-hybridized carbons (Fsp3) is 0.0233. The highest BCUT2D eigenvalue weighted by molar-refractivity contribution is 5.90. The molecule has 0 bridgehead atoms. The fourth-order valence-electron chi connectivity index (χ4n) is 4.01. The zero-order chi connectivity index (χ0) is 37.6. The smallest absolute Gasteiger partial charge is 0.371 e. The summed E-state index contributed by atoms with van der Waals surface area (Å²) >= 11 is 0. The van der Waals surface area contributed by atoms with E-state index < -0.39 is 29.7 Å². The molecule has 0 aliphatic rings. The number of carbonyl (C=O) groups is 4. The van der Waals surface area contributed by atoms with Crippen LogP contribution in [-0.4, -0.2) is 23.9 Å². The van der Waals surface area contributed by atoms with Crippen molar-refractivity contribution in [3.05, 3.63) is 168 Å². The highest BCUT2D eigenvalue weighted by atomic mass is 19.1. The van der Waals surface area contributed by atoms with Crippen LogP contribution in [0.15, 0.2) is 135 Å². The van der Waals surface area contributed by atoms with Crippen molar-refractivity contribution in [2.45, 2.75) is 6.92 Å². The minimum Gasteiger partial charge on any atom is -0.423 e. The average molecular weight is 693 g/mol. The van der Waals surface area contributed by atoms with Gasteiger partial charge in [0.05, 0.1) is 0 Å². The summed E-state index contributed by atoms with van der Waals surface area (Å²) in [6, 6.07) is 23.2. The van der Waals surface area contributed by atoms with Crippen molar-refractivity contribution in [1.29, 1.82) is 0 Å². The van der Waals surface area contributed by atoms with Crippen molar-refractivity contribution in [3.63, 3.8) is 0 Å². The molecule has 4 aromatic rings. The Morgan fingerprint density at radius 2 is 0.981 bits per heavy atom. The monoisotopic (exact) mass is 692 g/mol. The summed E-state index contributed by atoms with van der Waals surface area (Å²) < 4.78 is 34.7. The highest BCUT2D eigenvalue weighted by Gasteiger charge is 2.19. The van der Waals surface area contributed by atoms with Gasteiger partial charge >= 0.3 is 23.9 Å². The standard InChI is InChI=1S/C43H29FO8/c1-6-40(45)49-35-21-16-32(17-22-35)13-12-30-8-10-31(11-9-30)14-15-34-26-38(51-42(47)28(3)4)37(39(27-34)52-43(48)29(5)44)25-20-33-18-23-36(24-19-33)50-41(46)7-2/h6-13,16-19,21-24,26-27H,1-3,5H2,4H3/b13-12+. The second-order valence-corrected chi connectivity index (χ2v) is 10.6. The summed E-state index contributed by atoms with van der Waals surface area (Å²) in [5.74, 6) is 7.23. The van der Waals surface area contributed by atoms with E-state index in [0.717, 1.165) is 23.3 Å². The molecule has 0 unspecified atom stereocenters. The molecule has 0 atom stereocenters. The lowest BCUT2D eigenvalue weighted by Gasteiger charge is -2.12. The summed E-state index contributed by atoms with van der Waals surface area (Å²) in [6.07, 6.45) is 5.90. The van der Waals surface area contributed by atoms with Gasteiger partial charge in [-0.15, -0.1) is 0 Å². The molecule has 256 valence electrons. The first-order valence-corrected chi connectivity index (χ1v) is 15.3. The maximum absolute atomic E-state index is 13.8. The number of hydrogen-bond acceptors (Lipinski definition) is 8. The van der Waals surface area contributed by atoms with Crippen molar-refractivity contribution in [3.8, 4) is 46.7 Å². The Morgan fingerprint density at radius 1 is 0.577 bits per heavy atom. The number of halogens is 1. The Bertz CT molecular complexity index is 2190. The summed E-state index contributed by atoms with van der Waals surface area (Å²) in [4.78, 5) is 47.7. The van der Waals surface area contributed by atoms with Gasteiger partial charge in [-0.2, -0.15) is 4.39 Å². The van der Waals surface area contributed by atoms with E-state index in [0.29, 0.717) is 16.9 Å². The van der Waals surface area contributed by atoms with Crippen LogP contribution >= 0.6 is 0 Å². The van der Waals surface area contributed by atoms with Crippen molar-refractivity contribution < 1.29 is 42.5 Å². The molecule has 0 aromatic heterocycles. The van der Waals surface area contributed by atoms with Crippen molar-refractivity contribution in [2.75, 3.05) is 0 Å². The second-order valence-electron chi connectivity index (χ2n) is 10.6. The molecule has 0 aliphatic heterocycles. The highest BCUT2D eigenvalue weighted by Crippen LogP contribution is 2.32. The summed E-state index contributed by atoms with van der Waals surface area (Å²) in [7, 11) is 0. The molecular weight excluding hydrogens is 663 g/mol. The third-order valence-corrected chi connectivity index (χ3v) is 6.61. The lowest BCUT2D eigenvalue weighted by molar-refractivity contribution is -0.132. The van der Waals surface area contributed by atoms with E-state index >= 15 is 0 Å². The van der Waals surface area contributed by atoms with Crippen LogP contribution in [0.3, 0.4) is 0 Å². The Labute approximate surface area is 299 Å². The van der Waals surface area contributed by atoms with Gasteiger partial charge in [0.1, 0.15) is 17.1 Å². The first-order chi connectivity index (χ1) is 24.9. The summed E-state index contributed by atoms with van der Waals surface area (Å²) in [6.45, 7) is 14.8. The van der Waals surface area contributed by atoms with Crippen LogP contribution in [-0.2, 0) is 19.2 Å². The molecule has 9 heteroatoms. The van der Waals surface area contributed by atoms with Gasteiger partial charge in [-0.25, -0.2) is 19.2 Å². The lowest BCUT2D eigenvalue weighted by Crippen LogP contribution is -2.12. The molecule has 4 aromatic carbocycles. The van der Waals surface area contributed by atoms with E-state index in [2.05, 4.69) is 50.0 Å². The molecule has 52 heavy (non-hydrogen) atoms. The molecule has 0 aliphatic carbocycles. The van der Waals surface area contributed by atoms with Crippen molar-refractivity contribution in [1.82, 2.24) is 0 Å². The Morgan fingerprint density at radius 3 is 1.44 bits per heavy atom. The molecule has 0 radical (unpaired) electrons. The van der Waals surface area contributed by atoms with Crippen molar-refractivity contribution in [2.24, 2.45) is 0 Å². The molecular formula is C43H29FO8. The van der Waals surface area contributed by atoms with E-state index in [1.54, 1.807) is 48.5 Å². The number of carbonyl (C=O) groups excluding carboxylic acids is 4. The fourth-order valence-corrected chi connectivity index (χ4v) is 4.01. The Kier molecular flexibility index (Phi) is 12.8. The first-order valence-electron chi connectivity index (χ1n) is 15.3. The Hall–Kier alpha value is -7.49. The average Bonchev–Trinajstić information content (AvgIpc) is 3.14. The second kappa shape index (κ2) is 17.8. The van der Waals surface area contributed by atoms with Crippen LogP contribution in [0.5, 0.6) is 23.0 Å². The first kappa shape index (κ1) is 37.3. The van der Waals surface area contributed by atoms with Gasteiger partial charge in [0.15, 0.2) is 11.5 Å². The minimum atomic E-state index is -1.38. The van der Waals surface area contributed by atoms with Gasteiger partial charge < -0.3 is 18.9 Å². The van der Waals surface area contributed by atoms with E-state index in [1.807, 2.05) is 24.3 Å². The maximum atomic E-state index is 13.8. The van der Waals surface area contributed by atoms with Crippen LogP contribution in [0.25, 0.3) is 12.2 Å².